The normalized spacial score (nSPS) is 10.7. The van der Waals surface area contributed by atoms with Crippen LogP contribution >= 0.6 is 0 Å². The number of nitrogens with two attached hydrogens (primary N) is 1. The second-order valence-corrected chi connectivity index (χ2v) is 4.08. The molecule has 0 aliphatic heterocycles. The van der Waals surface area contributed by atoms with E-state index in [0.717, 1.165) is 11.3 Å². The van der Waals surface area contributed by atoms with E-state index >= 15 is 0 Å². The Balaban J connectivity index is 1.78. The second-order valence-electron chi connectivity index (χ2n) is 4.08. The lowest BCUT2D eigenvalue weighted by Gasteiger charge is -1.98. The third-order valence-electron chi connectivity index (χ3n) is 2.67. The minimum Gasteiger partial charge on any atom is -0.497 e. The molecule has 0 atom stereocenters. The van der Waals surface area contributed by atoms with Gasteiger partial charge in [-0.25, -0.2) is 4.68 Å². The summed E-state index contributed by atoms with van der Waals surface area (Å²) < 4.78 is 11.8. The lowest BCUT2D eigenvalue weighted by Crippen LogP contribution is -2.00. The van der Waals surface area contributed by atoms with E-state index in [1.165, 1.54) is 4.68 Å². The Morgan fingerprint density at radius 2 is 2.10 bits per heavy atom. The van der Waals surface area contributed by atoms with Crippen LogP contribution in [0.5, 0.6) is 5.75 Å². The molecular weight excluding hydrogens is 260 g/mol. The van der Waals surface area contributed by atoms with Gasteiger partial charge in [-0.3, -0.25) is 0 Å². The van der Waals surface area contributed by atoms with Crippen LogP contribution in [-0.4, -0.2) is 32.2 Å². The molecule has 8 heteroatoms. The molecule has 102 valence electrons. The number of hydrogen-bond donors (Lipinski definition) is 1. The lowest BCUT2D eigenvalue weighted by molar-refractivity contribution is 0.364. The van der Waals surface area contributed by atoms with Crippen molar-refractivity contribution in [1.82, 2.24) is 25.1 Å². The fraction of sp³-hybridized carbons (Fsp3) is 0.167. The number of rotatable bonds is 4. The Labute approximate surface area is 114 Å². The summed E-state index contributed by atoms with van der Waals surface area (Å²) in [5, 5.41) is 11.4. The van der Waals surface area contributed by atoms with Gasteiger partial charge in [0.1, 0.15) is 12.3 Å². The summed E-state index contributed by atoms with van der Waals surface area (Å²) in [4.78, 5) is 4.29. The minimum atomic E-state index is 0.327. The average molecular weight is 272 g/mol. The molecule has 0 radical (unpaired) electrons. The molecule has 0 aliphatic rings. The highest BCUT2D eigenvalue weighted by Crippen LogP contribution is 2.19. The predicted molar refractivity (Wildman–Crippen MR) is 69.8 cm³/mol. The van der Waals surface area contributed by atoms with E-state index in [2.05, 4.69) is 20.5 Å². The van der Waals surface area contributed by atoms with Gasteiger partial charge in [-0.1, -0.05) is 10.4 Å². The molecule has 0 fully saturated rings. The van der Waals surface area contributed by atoms with Crippen molar-refractivity contribution in [2.24, 2.45) is 0 Å². The van der Waals surface area contributed by atoms with Crippen molar-refractivity contribution in [2.45, 2.75) is 6.54 Å². The van der Waals surface area contributed by atoms with Crippen LogP contribution in [0.1, 0.15) is 5.89 Å². The molecule has 2 heterocycles. The van der Waals surface area contributed by atoms with Crippen molar-refractivity contribution in [1.29, 1.82) is 0 Å². The molecule has 20 heavy (non-hydrogen) atoms. The van der Waals surface area contributed by atoms with E-state index in [4.69, 9.17) is 15.0 Å². The Bertz CT molecular complexity index is 703. The molecule has 0 amide bonds. The van der Waals surface area contributed by atoms with Gasteiger partial charge in [0.15, 0.2) is 5.82 Å². The van der Waals surface area contributed by atoms with Crippen molar-refractivity contribution >= 4 is 5.82 Å². The first-order valence-electron chi connectivity index (χ1n) is 5.87. The summed E-state index contributed by atoms with van der Waals surface area (Å²) in [6.07, 6.45) is 1.59. The van der Waals surface area contributed by atoms with Crippen LogP contribution in [0.4, 0.5) is 5.82 Å². The van der Waals surface area contributed by atoms with Gasteiger partial charge in [-0.15, -0.1) is 5.10 Å². The van der Waals surface area contributed by atoms with Gasteiger partial charge in [0.05, 0.1) is 13.3 Å². The summed E-state index contributed by atoms with van der Waals surface area (Å²) in [6, 6.07) is 7.40. The van der Waals surface area contributed by atoms with Crippen molar-refractivity contribution in [2.75, 3.05) is 12.8 Å². The van der Waals surface area contributed by atoms with Crippen LogP contribution in [0.15, 0.2) is 35.0 Å². The van der Waals surface area contributed by atoms with Crippen molar-refractivity contribution < 1.29 is 9.26 Å². The molecule has 3 rings (SSSR count). The summed E-state index contributed by atoms with van der Waals surface area (Å²) in [5.41, 5.74) is 6.33. The van der Waals surface area contributed by atoms with Gasteiger partial charge < -0.3 is 15.0 Å². The molecule has 0 saturated carbocycles. The lowest BCUT2D eigenvalue weighted by atomic mass is 10.2. The average Bonchev–Trinajstić information content (AvgIpc) is 3.09. The first-order chi connectivity index (χ1) is 9.74. The van der Waals surface area contributed by atoms with E-state index < -0.39 is 0 Å². The van der Waals surface area contributed by atoms with Crippen LogP contribution in [0, 0.1) is 0 Å². The Kier molecular flexibility index (Phi) is 3.04. The van der Waals surface area contributed by atoms with Crippen LogP contribution in [0.2, 0.25) is 0 Å². The quantitative estimate of drug-likeness (QED) is 0.754. The Hall–Kier alpha value is -2.90. The van der Waals surface area contributed by atoms with Crippen LogP contribution in [0.3, 0.4) is 0 Å². The molecule has 1 aromatic carbocycles. The first-order valence-corrected chi connectivity index (χ1v) is 5.87. The Morgan fingerprint density at radius 3 is 2.75 bits per heavy atom. The first kappa shape index (κ1) is 12.2. The van der Waals surface area contributed by atoms with Crippen molar-refractivity contribution in [3.8, 4) is 17.1 Å². The minimum absolute atomic E-state index is 0.327. The monoisotopic (exact) mass is 272 g/mol. The van der Waals surface area contributed by atoms with Gasteiger partial charge in [-0.05, 0) is 24.3 Å². The zero-order valence-electron chi connectivity index (χ0n) is 10.7. The van der Waals surface area contributed by atoms with Gasteiger partial charge in [0.25, 0.3) is 0 Å². The van der Waals surface area contributed by atoms with E-state index in [1.807, 2.05) is 24.3 Å². The number of benzene rings is 1. The largest absolute Gasteiger partial charge is 0.497 e. The van der Waals surface area contributed by atoms with E-state index in [9.17, 15) is 0 Å². The molecule has 2 N–H and O–H groups in total. The molecule has 0 spiro atoms. The van der Waals surface area contributed by atoms with Crippen molar-refractivity contribution in [3.63, 3.8) is 0 Å². The van der Waals surface area contributed by atoms with E-state index in [-0.39, 0.29) is 0 Å². The SMILES string of the molecule is COc1ccc(-c2noc(Cn3cc(N)nn3)n2)cc1. The zero-order valence-corrected chi connectivity index (χ0v) is 10.7. The number of methoxy groups -OCH3 is 1. The molecule has 8 nitrogen and oxygen atoms in total. The number of nitrogen functional groups attached to an aromatic ring is 1. The fourth-order valence-electron chi connectivity index (χ4n) is 1.71. The summed E-state index contributed by atoms with van der Waals surface area (Å²) in [6.45, 7) is 0.327. The van der Waals surface area contributed by atoms with Crippen LogP contribution < -0.4 is 10.5 Å². The fourth-order valence-corrected chi connectivity index (χ4v) is 1.71. The number of hydrogen-bond acceptors (Lipinski definition) is 7. The third kappa shape index (κ3) is 2.44. The van der Waals surface area contributed by atoms with Crippen LogP contribution in [0.25, 0.3) is 11.4 Å². The summed E-state index contributed by atoms with van der Waals surface area (Å²) in [5.74, 6) is 2.06. The topological polar surface area (TPSA) is 105 Å². The zero-order chi connectivity index (χ0) is 13.9. The summed E-state index contributed by atoms with van der Waals surface area (Å²) >= 11 is 0. The third-order valence-corrected chi connectivity index (χ3v) is 2.67. The highest BCUT2D eigenvalue weighted by atomic mass is 16.5. The standard InChI is InChI=1S/C12H12N6O2/c1-19-9-4-2-8(3-5-9)12-14-11(20-16-12)7-18-6-10(13)15-17-18/h2-6H,7,13H2,1H3. The molecule has 3 aromatic rings. The Morgan fingerprint density at radius 1 is 1.30 bits per heavy atom. The van der Waals surface area contributed by atoms with Gasteiger partial charge in [0.2, 0.25) is 11.7 Å². The maximum absolute atomic E-state index is 5.48. The molecule has 2 aromatic heterocycles. The van der Waals surface area contributed by atoms with Crippen molar-refractivity contribution in [3.05, 3.63) is 36.4 Å². The molecule has 0 unspecified atom stereocenters. The second kappa shape index (κ2) is 5.00. The summed E-state index contributed by atoms with van der Waals surface area (Å²) in [7, 11) is 1.62. The predicted octanol–water partition coefficient (Wildman–Crippen LogP) is 0.967. The smallest absolute Gasteiger partial charge is 0.248 e. The number of aromatic nitrogens is 5. The molecule has 0 saturated heterocycles. The highest BCUT2D eigenvalue weighted by molar-refractivity contribution is 5.55. The number of nitrogens with zero attached hydrogens (tertiary/aromatic N) is 5. The number of anilines is 1. The van der Waals surface area contributed by atoms with Gasteiger partial charge in [0, 0.05) is 5.56 Å². The maximum Gasteiger partial charge on any atom is 0.248 e. The van der Waals surface area contributed by atoms with E-state index in [0.29, 0.717) is 24.1 Å². The maximum atomic E-state index is 5.48. The molecular formula is C12H12N6O2. The number of ether oxygens (including phenoxy) is 1. The highest BCUT2D eigenvalue weighted by Gasteiger charge is 2.10. The van der Waals surface area contributed by atoms with Crippen LogP contribution in [-0.2, 0) is 6.54 Å². The molecule has 0 bridgehead atoms. The van der Waals surface area contributed by atoms with Gasteiger partial charge >= 0.3 is 0 Å². The van der Waals surface area contributed by atoms with E-state index in [1.54, 1.807) is 13.3 Å². The molecule has 0 aliphatic carbocycles. The van der Waals surface area contributed by atoms with Gasteiger partial charge in [-0.2, -0.15) is 4.98 Å².